The van der Waals surface area contributed by atoms with Crippen molar-refractivity contribution in [2.45, 2.75) is 12.5 Å². The molecule has 11 heavy (non-hydrogen) atoms. The van der Waals surface area contributed by atoms with E-state index < -0.39 is 18.2 Å². The van der Waals surface area contributed by atoms with E-state index in [2.05, 4.69) is 4.74 Å². The van der Waals surface area contributed by atoms with Crippen LogP contribution < -0.4 is 0 Å². The number of rotatable bonds is 4. The molecule has 0 aliphatic rings. The van der Waals surface area contributed by atoms with Crippen molar-refractivity contribution in [3.63, 3.8) is 0 Å². The second kappa shape index (κ2) is 4.54. The van der Waals surface area contributed by atoms with Crippen LogP contribution in [-0.2, 0) is 9.53 Å². The predicted octanol–water partition coefficient (Wildman–Crippen LogP) is -0.488. The lowest BCUT2D eigenvalue weighted by Crippen LogP contribution is -2.41. The fourth-order valence-electron chi connectivity index (χ4n) is 0.362. The predicted molar refractivity (Wildman–Crippen MR) is 39.4 cm³/mol. The highest BCUT2D eigenvalue weighted by atomic mass is 35.5. The van der Waals surface area contributed by atoms with Gasteiger partial charge in [0.15, 0.2) is 0 Å². The van der Waals surface area contributed by atoms with Crippen molar-refractivity contribution >= 4 is 17.6 Å². The first-order valence-electron chi connectivity index (χ1n) is 3.06. The lowest BCUT2D eigenvalue weighted by Gasteiger charge is -2.21. The Morgan fingerprint density at radius 1 is 1.73 bits per heavy atom. The van der Waals surface area contributed by atoms with Gasteiger partial charge in [0.25, 0.3) is 0 Å². The molecule has 66 valence electrons. The number of alkyl halides is 1. The van der Waals surface area contributed by atoms with Crippen LogP contribution in [-0.4, -0.2) is 40.9 Å². The van der Waals surface area contributed by atoms with Crippen LogP contribution in [0.5, 0.6) is 0 Å². The first-order chi connectivity index (χ1) is 5.04. The molecule has 0 spiro atoms. The summed E-state index contributed by atoms with van der Waals surface area (Å²) in [6.45, 7) is 0.415. The molecule has 4 nitrogen and oxygen atoms in total. The maximum Gasteiger partial charge on any atom is 0.302 e. The average Bonchev–Trinajstić information content (AvgIpc) is 2.00. The van der Waals surface area contributed by atoms with Crippen molar-refractivity contribution in [1.29, 1.82) is 0 Å². The van der Waals surface area contributed by atoms with Crippen molar-refractivity contribution in [3.8, 4) is 0 Å². The molecule has 0 saturated heterocycles. The molecule has 0 saturated carbocycles. The molecule has 0 radical (unpaired) electrons. The zero-order chi connectivity index (χ0) is 8.91. The number of carbonyl (C=O) groups is 1. The molecular weight excluding hydrogens is 172 g/mol. The normalized spacial score (nSPS) is 15.6. The summed E-state index contributed by atoms with van der Waals surface area (Å²) in [6, 6.07) is 0. The van der Waals surface area contributed by atoms with E-state index in [4.69, 9.17) is 16.7 Å². The Morgan fingerprint density at radius 2 is 2.27 bits per heavy atom. The van der Waals surface area contributed by atoms with Gasteiger partial charge in [-0.1, -0.05) is 0 Å². The Hall–Kier alpha value is -0.320. The third-order valence-electron chi connectivity index (χ3n) is 1.09. The van der Waals surface area contributed by atoms with Crippen molar-refractivity contribution in [2.75, 3.05) is 19.1 Å². The van der Waals surface area contributed by atoms with Gasteiger partial charge in [0, 0.05) is 6.92 Å². The van der Waals surface area contributed by atoms with E-state index in [0.29, 0.717) is 0 Å². The van der Waals surface area contributed by atoms with E-state index in [-0.39, 0.29) is 12.5 Å². The minimum Gasteiger partial charge on any atom is -0.463 e. The molecule has 0 fully saturated rings. The highest BCUT2D eigenvalue weighted by Crippen LogP contribution is 2.06. The summed E-state index contributed by atoms with van der Waals surface area (Å²) in [5.74, 6) is -0.682. The summed E-state index contributed by atoms with van der Waals surface area (Å²) in [6.07, 6.45) is 0. The Labute approximate surface area is 69.7 Å². The zero-order valence-electron chi connectivity index (χ0n) is 6.21. The van der Waals surface area contributed by atoms with E-state index >= 15 is 0 Å². The molecule has 0 aliphatic heterocycles. The van der Waals surface area contributed by atoms with Gasteiger partial charge < -0.3 is 14.9 Å². The van der Waals surface area contributed by atoms with Gasteiger partial charge >= 0.3 is 5.97 Å². The van der Waals surface area contributed by atoms with Crippen molar-refractivity contribution in [3.05, 3.63) is 0 Å². The average molecular weight is 183 g/mol. The van der Waals surface area contributed by atoms with E-state index in [0.717, 1.165) is 0 Å². The van der Waals surface area contributed by atoms with Crippen LogP contribution in [0.2, 0.25) is 0 Å². The van der Waals surface area contributed by atoms with E-state index in [1.54, 1.807) is 0 Å². The molecule has 0 aromatic rings. The van der Waals surface area contributed by atoms with E-state index in [1.165, 1.54) is 6.92 Å². The number of carbonyl (C=O) groups excluding carboxylic acids is 1. The lowest BCUT2D eigenvalue weighted by molar-refractivity contribution is -0.149. The summed E-state index contributed by atoms with van der Waals surface area (Å²) in [7, 11) is 0. The third-order valence-corrected chi connectivity index (χ3v) is 1.58. The summed E-state index contributed by atoms with van der Waals surface area (Å²) in [4.78, 5) is 10.3. The van der Waals surface area contributed by atoms with Crippen LogP contribution in [0.15, 0.2) is 0 Å². The lowest BCUT2D eigenvalue weighted by atomic mass is 10.1. The first kappa shape index (κ1) is 10.7. The highest BCUT2D eigenvalue weighted by Gasteiger charge is 2.26. The largest absolute Gasteiger partial charge is 0.463 e. The molecule has 1 atom stereocenters. The number of hydrogen-bond donors (Lipinski definition) is 2. The minimum atomic E-state index is -1.51. The van der Waals surface area contributed by atoms with Gasteiger partial charge in [-0.2, -0.15) is 0 Å². The van der Waals surface area contributed by atoms with E-state index in [9.17, 15) is 9.90 Å². The Balaban J connectivity index is 3.78. The number of hydrogen-bond acceptors (Lipinski definition) is 4. The SMILES string of the molecule is CC(=O)OCC(O)(CO)CCl. The van der Waals surface area contributed by atoms with Crippen LogP contribution in [0.3, 0.4) is 0 Å². The summed E-state index contributed by atoms with van der Waals surface area (Å²) >= 11 is 5.29. The second-order valence-corrected chi connectivity index (χ2v) is 2.56. The number of aliphatic hydroxyl groups is 2. The number of aliphatic hydroxyl groups excluding tert-OH is 1. The fourth-order valence-corrected chi connectivity index (χ4v) is 0.524. The number of esters is 1. The molecule has 0 bridgehead atoms. The maximum absolute atomic E-state index is 10.3. The Kier molecular flexibility index (Phi) is 4.40. The number of ether oxygens (including phenoxy) is 1. The molecule has 0 aliphatic carbocycles. The van der Waals surface area contributed by atoms with Gasteiger partial charge in [-0.15, -0.1) is 11.6 Å². The molecule has 0 aromatic heterocycles. The summed E-state index contributed by atoms with van der Waals surface area (Å²) in [5.41, 5.74) is -1.51. The van der Waals surface area contributed by atoms with Gasteiger partial charge in [-0.3, -0.25) is 4.79 Å². The van der Waals surface area contributed by atoms with E-state index in [1.807, 2.05) is 0 Å². The fraction of sp³-hybridized carbons (Fsp3) is 0.833. The third kappa shape index (κ3) is 4.19. The smallest absolute Gasteiger partial charge is 0.302 e. The maximum atomic E-state index is 10.3. The highest BCUT2D eigenvalue weighted by molar-refractivity contribution is 6.18. The van der Waals surface area contributed by atoms with Gasteiger partial charge in [0.1, 0.15) is 12.2 Å². The number of halogens is 1. The van der Waals surface area contributed by atoms with Crippen molar-refractivity contribution in [1.82, 2.24) is 0 Å². The topological polar surface area (TPSA) is 66.8 Å². The first-order valence-corrected chi connectivity index (χ1v) is 3.60. The Morgan fingerprint density at radius 3 is 2.55 bits per heavy atom. The molecule has 1 unspecified atom stereocenters. The second-order valence-electron chi connectivity index (χ2n) is 2.30. The molecule has 0 heterocycles. The molecule has 0 amide bonds. The molecular formula is C6H11ClO4. The molecule has 0 aromatic carbocycles. The van der Waals surface area contributed by atoms with Gasteiger partial charge in [0.2, 0.25) is 0 Å². The van der Waals surface area contributed by atoms with Crippen LogP contribution in [0.1, 0.15) is 6.92 Å². The van der Waals surface area contributed by atoms with Gasteiger partial charge in [0.05, 0.1) is 12.5 Å². The molecule has 5 heteroatoms. The van der Waals surface area contributed by atoms with Crippen LogP contribution >= 0.6 is 11.6 Å². The quantitative estimate of drug-likeness (QED) is 0.455. The van der Waals surface area contributed by atoms with Crippen molar-refractivity contribution in [2.24, 2.45) is 0 Å². The summed E-state index contributed by atoms with van der Waals surface area (Å²) in [5, 5.41) is 17.8. The Bertz CT molecular complexity index is 133. The van der Waals surface area contributed by atoms with Crippen molar-refractivity contribution < 1.29 is 19.7 Å². The van der Waals surface area contributed by atoms with Gasteiger partial charge in [-0.25, -0.2) is 0 Å². The van der Waals surface area contributed by atoms with Crippen LogP contribution in [0.25, 0.3) is 0 Å². The molecule has 0 rings (SSSR count). The monoisotopic (exact) mass is 182 g/mol. The zero-order valence-corrected chi connectivity index (χ0v) is 6.97. The van der Waals surface area contributed by atoms with Gasteiger partial charge in [-0.05, 0) is 0 Å². The van der Waals surface area contributed by atoms with Crippen LogP contribution in [0, 0.1) is 0 Å². The minimum absolute atomic E-state index is 0.170. The van der Waals surface area contributed by atoms with Crippen LogP contribution in [0.4, 0.5) is 0 Å². The summed E-state index contributed by atoms with van der Waals surface area (Å²) < 4.78 is 4.46. The standard InChI is InChI=1S/C6H11ClO4/c1-5(9)11-4-6(10,2-7)3-8/h8,10H,2-4H2,1H3. The molecule has 2 N–H and O–H groups in total.